The molecular weight excluding hydrogens is 496 g/mol. The van der Waals surface area contributed by atoms with Crippen LogP contribution in [0.4, 0.5) is 5.69 Å². The Morgan fingerprint density at radius 3 is 1.50 bits per heavy atom. The molecule has 6 nitrogen and oxygen atoms in total. The molecule has 0 saturated heterocycles. The summed E-state index contributed by atoms with van der Waals surface area (Å²) in [6.45, 7) is 4.88. The van der Waals surface area contributed by atoms with Gasteiger partial charge in [-0.2, -0.15) is 0 Å². The lowest BCUT2D eigenvalue weighted by molar-refractivity contribution is 0.304. The van der Waals surface area contributed by atoms with Crippen LogP contribution < -0.4 is 4.74 Å². The van der Waals surface area contributed by atoms with Crippen molar-refractivity contribution >= 4 is 15.8 Å². The molecule has 0 amide bonds. The normalized spacial score (nSPS) is 10.9. The number of aryl methyl sites for hydroxylation is 1. The Hall–Kier alpha value is -2.43. The van der Waals surface area contributed by atoms with Crippen molar-refractivity contribution in [3.8, 4) is 5.75 Å². The van der Waals surface area contributed by atoms with Gasteiger partial charge >= 0.3 is 5.69 Å². The third-order valence-electron chi connectivity index (χ3n) is 6.53. The molecule has 0 aliphatic rings. The van der Waals surface area contributed by atoms with Crippen molar-refractivity contribution in [2.75, 3.05) is 6.61 Å². The summed E-state index contributed by atoms with van der Waals surface area (Å²) < 4.78 is 36.9. The molecular formula is C31H48N2O4S. The molecule has 0 radical (unpaired) electrons. The minimum Gasteiger partial charge on any atom is -0.744 e. The lowest BCUT2D eigenvalue weighted by Gasteiger charge is -2.05. The Morgan fingerprint density at radius 1 is 0.684 bits per heavy atom. The second-order valence-corrected chi connectivity index (χ2v) is 11.4. The van der Waals surface area contributed by atoms with Crippen LogP contribution in [0.1, 0.15) is 115 Å². The van der Waals surface area contributed by atoms with Crippen molar-refractivity contribution < 1.29 is 17.7 Å². The van der Waals surface area contributed by atoms with Crippen LogP contribution in [0.5, 0.6) is 5.75 Å². The zero-order chi connectivity index (χ0) is 27.9. The highest BCUT2D eigenvalue weighted by atomic mass is 32.2. The van der Waals surface area contributed by atoms with Gasteiger partial charge in [0.15, 0.2) is 4.98 Å². The Morgan fingerprint density at radius 2 is 1.11 bits per heavy atom. The molecule has 0 heterocycles. The van der Waals surface area contributed by atoms with E-state index < -0.39 is 10.1 Å². The summed E-state index contributed by atoms with van der Waals surface area (Å²) in [6, 6.07) is 13.0. The van der Waals surface area contributed by atoms with E-state index in [9.17, 15) is 13.0 Å². The number of ether oxygens (including phenoxy) is 1. The van der Waals surface area contributed by atoms with Crippen molar-refractivity contribution in [3.63, 3.8) is 0 Å². The maximum Gasteiger partial charge on any atom is 0.385 e. The quantitative estimate of drug-likeness (QED) is 0.0996. The number of diazo groups is 1. The molecule has 2 rings (SSSR count). The highest BCUT2D eigenvalue weighted by Crippen LogP contribution is 2.18. The lowest BCUT2D eigenvalue weighted by atomic mass is 10.0. The Bertz CT molecular complexity index is 984. The van der Waals surface area contributed by atoms with E-state index in [1.165, 1.54) is 108 Å². The fraction of sp³-hybridized carbons (Fsp3) is 0.613. The molecule has 0 spiro atoms. The van der Waals surface area contributed by atoms with Gasteiger partial charge in [-0.25, -0.2) is 8.42 Å². The minimum absolute atomic E-state index is 0.178. The predicted octanol–water partition coefficient (Wildman–Crippen LogP) is 9.71. The van der Waals surface area contributed by atoms with E-state index in [1.54, 1.807) is 24.3 Å². The van der Waals surface area contributed by atoms with Gasteiger partial charge < -0.3 is 9.29 Å². The topological polar surface area (TPSA) is 94.6 Å². The van der Waals surface area contributed by atoms with Gasteiger partial charge in [-0.15, -0.1) is 0 Å². The molecule has 0 unspecified atom stereocenters. The molecule has 0 fully saturated rings. The van der Waals surface area contributed by atoms with Crippen molar-refractivity contribution in [2.45, 2.75) is 121 Å². The van der Waals surface area contributed by atoms with E-state index in [0.717, 1.165) is 24.3 Å². The van der Waals surface area contributed by atoms with Crippen LogP contribution in [-0.2, 0) is 10.1 Å². The third kappa shape index (κ3) is 17.9. The zero-order valence-corrected chi connectivity index (χ0v) is 24.4. The van der Waals surface area contributed by atoms with Crippen molar-refractivity contribution in [3.05, 3.63) is 59.1 Å². The molecule has 0 N–H and O–H groups in total. The van der Waals surface area contributed by atoms with Gasteiger partial charge in [0.05, 0.1) is 11.5 Å². The Labute approximate surface area is 231 Å². The van der Waals surface area contributed by atoms with Crippen LogP contribution in [-0.4, -0.2) is 19.6 Å². The summed E-state index contributed by atoms with van der Waals surface area (Å²) in [4.78, 5) is 2.96. The van der Waals surface area contributed by atoms with Crippen molar-refractivity contribution in [1.29, 1.82) is 5.39 Å². The number of unbranched alkanes of at least 4 members (excludes halogenated alkanes) is 15. The SMILES string of the molecule is CCCCCCCCCCCCCCCCCCOc1ccc([N+]#N)cc1.Cc1ccc(S(=O)(=O)[O-])cc1. The molecule has 212 valence electrons. The predicted molar refractivity (Wildman–Crippen MR) is 155 cm³/mol. The lowest BCUT2D eigenvalue weighted by Crippen LogP contribution is -1.97. The molecule has 0 atom stereocenters. The van der Waals surface area contributed by atoms with E-state index in [0.29, 0.717) is 5.69 Å². The van der Waals surface area contributed by atoms with Crippen LogP contribution in [0, 0.1) is 12.3 Å². The number of rotatable bonds is 19. The second kappa shape index (κ2) is 21.5. The first-order valence-electron chi connectivity index (χ1n) is 14.5. The van der Waals surface area contributed by atoms with Crippen LogP contribution >= 0.6 is 0 Å². The van der Waals surface area contributed by atoms with Crippen LogP contribution in [0.2, 0.25) is 0 Å². The molecule has 0 aliphatic heterocycles. The van der Waals surface area contributed by atoms with Crippen LogP contribution in [0.15, 0.2) is 53.4 Å². The van der Waals surface area contributed by atoms with Gasteiger partial charge in [-0.1, -0.05) is 121 Å². The average Bonchev–Trinajstić information content (AvgIpc) is 2.91. The fourth-order valence-corrected chi connectivity index (χ4v) is 4.62. The number of hydrogen-bond donors (Lipinski definition) is 0. The molecule has 2 aromatic carbocycles. The summed E-state index contributed by atoms with van der Waals surface area (Å²) in [5.41, 5.74) is 1.49. The first-order valence-corrected chi connectivity index (χ1v) is 15.9. The summed E-state index contributed by atoms with van der Waals surface area (Å²) in [7, 11) is -4.27. The van der Waals surface area contributed by atoms with Gasteiger partial charge in [0.1, 0.15) is 15.9 Å². The second-order valence-electron chi connectivity index (χ2n) is 10.0. The highest BCUT2D eigenvalue weighted by Gasteiger charge is 2.03. The molecule has 38 heavy (non-hydrogen) atoms. The van der Waals surface area contributed by atoms with Gasteiger partial charge in [-0.05, 0) is 37.6 Å². The largest absolute Gasteiger partial charge is 0.744 e. The highest BCUT2D eigenvalue weighted by molar-refractivity contribution is 7.85. The summed E-state index contributed by atoms with van der Waals surface area (Å²) in [6.07, 6.45) is 22.2. The summed E-state index contributed by atoms with van der Waals surface area (Å²) in [5.74, 6) is 0.850. The first-order chi connectivity index (χ1) is 18.4. The monoisotopic (exact) mass is 544 g/mol. The number of benzene rings is 2. The van der Waals surface area contributed by atoms with Gasteiger partial charge in [-0.3, -0.25) is 0 Å². The van der Waals surface area contributed by atoms with Gasteiger partial charge in [0.25, 0.3) is 0 Å². The average molecular weight is 545 g/mol. The van der Waals surface area contributed by atoms with E-state index in [4.69, 9.17) is 10.1 Å². The van der Waals surface area contributed by atoms with Crippen LogP contribution in [0.3, 0.4) is 0 Å². The van der Waals surface area contributed by atoms with Gasteiger partial charge in [0.2, 0.25) is 5.39 Å². The standard InChI is InChI=1S/C24H41N2O.C7H8O3S/c1-2-3-4-5-6-7-8-9-10-11-12-13-14-15-16-17-22-27-24-20-18-23(26-25)19-21-24;1-6-2-4-7(5-3-6)11(8,9)10/h18-21H,2-17,22H2,1H3;2-5H,1H3,(H,8,9,10)/q+1;/p-1. The molecule has 0 aliphatic carbocycles. The fourth-order valence-electron chi connectivity index (χ4n) is 4.15. The maximum absolute atomic E-state index is 10.4. The molecule has 2 aromatic rings. The smallest absolute Gasteiger partial charge is 0.385 e. The number of hydrogen-bond acceptors (Lipinski definition) is 5. The van der Waals surface area contributed by atoms with Crippen LogP contribution in [0.25, 0.3) is 4.98 Å². The summed E-state index contributed by atoms with van der Waals surface area (Å²) >= 11 is 0. The minimum atomic E-state index is -4.27. The van der Waals surface area contributed by atoms with E-state index >= 15 is 0 Å². The Balaban J connectivity index is 0.000000544. The third-order valence-corrected chi connectivity index (χ3v) is 7.38. The maximum atomic E-state index is 10.4. The zero-order valence-electron chi connectivity index (χ0n) is 23.6. The molecule has 0 bridgehead atoms. The molecule has 0 saturated carbocycles. The molecule has 7 heteroatoms. The van der Waals surface area contributed by atoms with E-state index in [-0.39, 0.29) is 4.90 Å². The summed E-state index contributed by atoms with van der Waals surface area (Å²) in [5, 5.41) is 8.64. The molecule has 0 aromatic heterocycles. The van der Waals surface area contributed by atoms with Gasteiger partial charge in [0, 0.05) is 12.1 Å². The first kappa shape index (κ1) is 33.6. The van der Waals surface area contributed by atoms with Crippen molar-refractivity contribution in [2.24, 2.45) is 0 Å². The van der Waals surface area contributed by atoms with E-state index in [1.807, 2.05) is 19.1 Å². The van der Waals surface area contributed by atoms with E-state index in [2.05, 4.69) is 11.9 Å². The number of nitrogens with zero attached hydrogens (tertiary/aromatic N) is 2. The Kier molecular flexibility index (Phi) is 19.0. The van der Waals surface area contributed by atoms with Crippen molar-refractivity contribution in [1.82, 2.24) is 0 Å².